The second kappa shape index (κ2) is 7.41. The number of rotatable bonds is 5. The first-order valence-corrected chi connectivity index (χ1v) is 9.91. The van der Waals surface area contributed by atoms with Gasteiger partial charge in [-0.15, -0.1) is 0 Å². The van der Waals surface area contributed by atoms with Gasteiger partial charge in [-0.1, -0.05) is 46.3 Å². The first kappa shape index (κ1) is 17.6. The monoisotopic (exact) mass is 414 g/mol. The maximum Gasteiger partial charge on any atom is 0.340 e. The van der Waals surface area contributed by atoms with E-state index in [1.54, 1.807) is 12.1 Å². The number of ether oxygens (including phenoxy) is 1. The van der Waals surface area contributed by atoms with E-state index < -0.39 is 0 Å². The van der Waals surface area contributed by atoms with Crippen molar-refractivity contribution in [3.05, 3.63) is 64.1 Å². The molecule has 4 nitrogen and oxygen atoms in total. The number of benzene rings is 2. The highest BCUT2D eigenvalue weighted by atomic mass is 79.9. The fourth-order valence-electron chi connectivity index (χ4n) is 4.45. The SMILES string of the molecule is Nc1ccc(Br)cc1C(=O)OCC1C2CCC1N(Cc1ccccc1)C2. The van der Waals surface area contributed by atoms with Crippen LogP contribution in [0.1, 0.15) is 28.8 Å². The molecular weight excluding hydrogens is 392 g/mol. The topological polar surface area (TPSA) is 55.6 Å². The van der Waals surface area contributed by atoms with Gasteiger partial charge >= 0.3 is 5.97 Å². The molecule has 3 atom stereocenters. The van der Waals surface area contributed by atoms with Gasteiger partial charge in [-0.3, -0.25) is 4.90 Å². The molecule has 2 aromatic rings. The van der Waals surface area contributed by atoms with Gasteiger partial charge in [0.15, 0.2) is 0 Å². The number of carbonyl (C=O) groups is 1. The Morgan fingerprint density at radius 1 is 1.19 bits per heavy atom. The number of fused-ring (bicyclic) bond motifs is 2. The van der Waals surface area contributed by atoms with Crippen LogP contribution in [0.3, 0.4) is 0 Å². The second-order valence-corrected chi connectivity index (χ2v) is 8.23. The molecule has 5 heteroatoms. The lowest BCUT2D eigenvalue weighted by atomic mass is 9.99. The molecular formula is C21H23BrN2O2. The number of carbonyl (C=O) groups excluding carboxylic acids is 1. The zero-order chi connectivity index (χ0) is 18.1. The molecule has 2 aromatic carbocycles. The highest BCUT2D eigenvalue weighted by molar-refractivity contribution is 9.10. The molecule has 2 fully saturated rings. The fraction of sp³-hybridized carbons (Fsp3) is 0.381. The average molecular weight is 415 g/mol. The molecule has 26 heavy (non-hydrogen) atoms. The molecule has 1 aliphatic heterocycles. The predicted octanol–water partition coefficient (Wildman–Crippen LogP) is 4.10. The van der Waals surface area contributed by atoms with Crippen LogP contribution in [0.2, 0.25) is 0 Å². The van der Waals surface area contributed by atoms with Crippen molar-refractivity contribution in [3.8, 4) is 0 Å². The third-order valence-electron chi connectivity index (χ3n) is 5.74. The summed E-state index contributed by atoms with van der Waals surface area (Å²) in [7, 11) is 0. The molecule has 0 spiro atoms. The first-order valence-electron chi connectivity index (χ1n) is 9.12. The normalized spacial score (nSPS) is 24.7. The standard InChI is InChI=1S/C21H23BrN2O2/c22-16-7-8-19(23)17(10-16)21(25)26-13-18-15-6-9-20(18)24(12-15)11-14-4-2-1-3-5-14/h1-5,7-8,10,15,18,20H,6,9,11-13,23H2. The van der Waals surface area contributed by atoms with E-state index >= 15 is 0 Å². The average Bonchev–Trinajstić information content (AvgIpc) is 3.19. The third-order valence-corrected chi connectivity index (χ3v) is 6.23. The zero-order valence-corrected chi connectivity index (χ0v) is 16.2. The Hall–Kier alpha value is -1.85. The van der Waals surface area contributed by atoms with Crippen LogP contribution in [0.4, 0.5) is 5.69 Å². The van der Waals surface area contributed by atoms with Gasteiger partial charge in [-0.2, -0.15) is 0 Å². The summed E-state index contributed by atoms with van der Waals surface area (Å²) in [5, 5.41) is 0. The van der Waals surface area contributed by atoms with Crippen molar-refractivity contribution in [2.75, 3.05) is 18.9 Å². The largest absolute Gasteiger partial charge is 0.462 e. The van der Waals surface area contributed by atoms with Gasteiger partial charge in [0.25, 0.3) is 0 Å². The molecule has 2 N–H and O–H groups in total. The molecule has 4 rings (SSSR count). The molecule has 0 amide bonds. The summed E-state index contributed by atoms with van der Waals surface area (Å²) in [6.45, 7) is 2.55. The van der Waals surface area contributed by atoms with Crippen LogP contribution in [0.5, 0.6) is 0 Å². The number of anilines is 1. The van der Waals surface area contributed by atoms with E-state index in [2.05, 4.69) is 51.2 Å². The van der Waals surface area contributed by atoms with Crippen LogP contribution in [0, 0.1) is 11.8 Å². The van der Waals surface area contributed by atoms with E-state index in [0.717, 1.165) is 17.6 Å². The Morgan fingerprint density at radius 2 is 2.00 bits per heavy atom. The third kappa shape index (κ3) is 3.51. The van der Waals surface area contributed by atoms with Crippen LogP contribution in [-0.4, -0.2) is 30.1 Å². The highest BCUT2D eigenvalue weighted by Crippen LogP contribution is 2.43. The maximum atomic E-state index is 12.4. The number of nitrogens with zero attached hydrogens (tertiary/aromatic N) is 1. The number of likely N-dealkylation sites (tertiary alicyclic amines) is 1. The lowest BCUT2D eigenvalue weighted by molar-refractivity contribution is 0.0409. The van der Waals surface area contributed by atoms with Crippen molar-refractivity contribution in [1.82, 2.24) is 4.90 Å². The first-order chi connectivity index (χ1) is 12.6. The summed E-state index contributed by atoms with van der Waals surface area (Å²) < 4.78 is 6.49. The summed E-state index contributed by atoms with van der Waals surface area (Å²) in [5.74, 6) is 0.720. The summed E-state index contributed by atoms with van der Waals surface area (Å²) in [6.07, 6.45) is 2.43. The Balaban J connectivity index is 1.38. The van der Waals surface area contributed by atoms with E-state index in [1.165, 1.54) is 18.4 Å². The number of nitrogens with two attached hydrogens (primary N) is 1. The zero-order valence-electron chi connectivity index (χ0n) is 14.6. The Labute approximate surface area is 162 Å². The number of piperidine rings is 1. The van der Waals surface area contributed by atoms with Crippen molar-refractivity contribution < 1.29 is 9.53 Å². The van der Waals surface area contributed by atoms with Crippen molar-refractivity contribution in [3.63, 3.8) is 0 Å². The van der Waals surface area contributed by atoms with Crippen LogP contribution in [0.15, 0.2) is 53.0 Å². The van der Waals surface area contributed by atoms with Crippen LogP contribution in [0.25, 0.3) is 0 Å². The smallest absolute Gasteiger partial charge is 0.340 e. The van der Waals surface area contributed by atoms with Gasteiger partial charge in [0.05, 0.1) is 12.2 Å². The fourth-order valence-corrected chi connectivity index (χ4v) is 4.81. The molecule has 1 saturated carbocycles. The van der Waals surface area contributed by atoms with Gasteiger partial charge in [-0.05, 0) is 42.5 Å². The molecule has 1 heterocycles. The van der Waals surface area contributed by atoms with Crippen molar-refractivity contribution >= 4 is 27.6 Å². The maximum absolute atomic E-state index is 12.4. The van der Waals surface area contributed by atoms with Gasteiger partial charge in [0.2, 0.25) is 0 Å². The van der Waals surface area contributed by atoms with E-state index in [1.807, 2.05) is 6.07 Å². The minimum Gasteiger partial charge on any atom is -0.462 e. The summed E-state index contributed by atoms with van der Waals surface area (Å²) in [4.78, 5) is 15.0. The van der Waals surface area contributed by atoms with Crippen molar-refractivity contribution in [2.45, 2.75) is 25.4 Å². The number of hydrogen-bond donors (Lipinski definition) is 1. The number of nitrogen functional groups attached to an aromatic ring is 1. The summed E-state index contributed by atoms with van der Waals surface area (Å²) in [5.41, 5.74) is 8.16. The van der Waals surface area contributed by atoms with Crippen LogP contribution in [-0.2, 0) is 11.3 Å². The Bertz CT molecular complexity index is 796. The van der Waals surface area contributed by atoms with E-state index in [4.69, 9.17) is 10.5 Å². The Morgan fingerprint density at radius 3 is 2.81 bits per heavy atom. The van der Waals surface area contributed by atoms with Gasteiger partial charge < -0.3 is 10.5 Å². The molecule has 2 bridgehead atoms. The van der Waals surface area contributed by atoms with E-state index in [9.17, 15) is 4.79 Å². The van der Waals surface area contributed by atoms with E-state index in [-0.39, 0.29) is 5.97 Å². The minimum atomic E-state index is -0.329. The molecule has 136 valence electrons. The summed E-state index contributed by atoms with van der Waals surface area (Å²) in [6, 6.07) is 16.4. The minimum absolute atomic E-state index is 0.329. The number of esters is 1. The van der Waals surface area contributed by atoms with E-state index in [0.29, 0.717) is 35.7 Å². The van der Waals surface area contributed by atoms with Crippen molar-refractivity contribution in [1.29, 1.82) is 0 Å². The van der Waals surface area contributed by atoms with Crippen LogP contribution >= 0.6 is 15.9 Å². The predicted molar refractivity (Wildman–Crippen MR) is 106 cm³/mol. The quantitative estimate of drug-likeness (QED) is 0.590. The molecule has 0 radical (unpaired) electrons. The van der Waals surface area contributed by atoms with Crippen molar-refractivity contribution in [2.24, 2.45) is 11.8 Å². The molecule has 1 aliphatic carbocycles. The second-order valence-electron chi connectivity index (χ2n) is 7.31. The summed E-state index contributed by atoms with van der Waals surface area (Å²) >= 11 is 3.38. The van der Waals surface area contributed by atoms with Gasteiger partial charge in [0, 0.05) is 35.2 Å². The Kier molecular flexibility index (Phi) is 5.00. The lowest BCUT2D eigenvalue weighted by Crippen LogP contribution is -2.33. The molecule has 3 unspecified atom stereocenters. The number of hydrogen-bond acceptors (Lipinski definition) is 4. The highest BCUT2D eigenvalue weighted by Gasteiger charge is 2.47. The molecule has 0 aromatic heterocycles. The molecule has 1 saturated heterocycles. The lowest BCUT2D eigenvalue weighted by Gasteiger charge is -2.27. The van der Waals surface area contributed by atoms with Gasteiger partial charge in [0.1, 0.15) is 0 Å². The number of halogens is 1. The molecule has 2 aliphatic rings. The van der Waals surface area contributed by atoms with Gasteiger partial charge in [-0.25, -0.2) is 4.79 Å². The van der Waals surface area contributed by atoms with Crippen LogP contribution < -0.4 is 5.73 Å².